The van der Waals surface area contributed by atoms with Gasteiger partial charge in [-0.1, -0.05) is 28.1 Å². The van der Waals surface area contributed by atoms with Crippen molar-refractivity contribution >= 4 is 33.5 Å². The van der Waals surface area contributed by atoms with Gasteiger partial charge in [0.05, 0.1) is 30.2 Å². The summed E-state index contributed by atoms with van der Waals surface area (Å²) in [4.78, 5) is 6.33. The SMILES string of the molecule is FC(F)(F)c1ccc(N2CCOCC2)c(N=Cc2ccc(Br)cc2)c1. The molecule has 0 aromatic heterocycles. The summed E-state index contributed by atoms with van der Waals surface area (Å²) in [7, 11) is 0. The van der Waals surface area contributed by atoms with Gasteiger partial charge in [0.15, 0.2) is 0 Å². The van der Waals surface area contributed by atoms with Gasteiger partial charge in [0.25, 0.3) is 0 Å². The Balaban J connectivity index is 1.96. The molecule has 0 amide bonds. The van der Waals surface area contributed by atoms with E-state index < -0.39 is 11.7 Å². The lowest BCUT2D eigenvalue weighted by molar-refractivity contribution is -0.137. The van der Waals surface area contributed by atoms with Crippen molar-refractivity contribution in [2.75, 3.05) is 31.2 Å². The van der Waals surface area contributed by atoms with E-state index >= 15 is 0 Å². The summed E-state index contributed by atoms with van der Waals surface area (Å²) in [5.41, 5.74) is 1.10. The van der Waals surface area contributed by atoms with Gasteiger partial charge in [0.1, 0.15) is 0 Å². The summed E-state index contributed by atoms with van der Waals surface area (Å²) in [6.45, 7) is 2.37. The number of rotatable bonds is 3. The third-order valence-corrected chi connectivity index (χ3v) is 4.41. The van der Waals surface area contributed by atoms with Crippen LogP contribution in [0, 0.1) is 0 Å². The molecule has 3 nitrogen and oxygen atoms in total. The minimum absolute atomic E-state index is 0.305. The number of hydrogen-bond donors (Lipinski definition) is 0. The van der Waals surface area contributed by atoms with Crippen LogP contribution in [0.4, 0.5) is 24.5 Å². The average Bonchev–Trinajstić information content (AvgIpc) is 2.61. The fourth-order valence-corrected chi connectivity index (χ4v) is 2.83. The summed E-state index contributed by atoms with van der Waals surface area (Å²) >= 11 is 3.35. The summed E-state index contributed by atoms with van der Waals surface area (Å²) < 4.78 is 45.4. The maximum absolute atomic E-state index is 13.1. The Labute approximate surface area is 152 Å². The Morgan fingerprint density at radius 2 is 1.72 bits per heavy atom. The van der Waals surface area contributed by atoms with Gasteiger partial charge in [0.2, 0.25) is 0 Å². The number of alkyl halides is 3. The maximum atomic E-state index is 13.1. The second kappa shape index (κ2) is 7.58. The van der Waals surface area contributed by atoms with Gasteiger partial charge in [-0.2, -0.15) is 13.2 Å². The van der Waals surface area contributed by atoms with Crippen molar-refractivity contribution in [2.24, 2.45) is 4.99 Å². The molecule has 0 radical (unpaired) electrons. The van der Waals surface area contributed by atoms with E-state index in [1.165, 1.54) is 6.07 Å². The highest BCUT2D eigenvalue weighted by Crippen LogP contribution is 2.37. The Hall–Kier alpha value is -1.86. The minimum Gasteiger partial charge on any atom is -0.378 e. The highest BCUT2D eigenvalue weighted by Gasteiger charge is 2.31. The van der Waals surface area contributed by atoms with E-state index in [2.05, 4.69) is 20.9 Å². The monoisotopic (exact) mass is 412 g/mol. The van der Waals surface area contributed by atoms with Gasteiger partial charge in [-0.3, -0.25) is 4.99 Å². The first-order valence-corrected chi connectivity index (χ1v) is 8.56. The number of anilines is 1. The molecular formula is C18H16BrF3N2O. The number of nitrogens with zero attached hydrogens (tertiary/aromatic N) is 2. The molecule has 0 atom stereocenters. The second-order valence-corrected chi connectivity index (χ2v) is 6.53. The van der Waals surface area contributed by atoms with Crippen LogP contribution in [0.15, 0.2) is 51.9 Å². The number of ether oxygens (including phenoxy) is 1. The first-order chi connectivity index (χ1) is 11.9. The predicted octanol–water partition coefficient (Wildman–Crippen LogP) is 5.06. The molecule has 0 saturated carbocycles. The van der Waals surface area contributed by atoms with Crippen LogP contribution >= 0.6 is 15.9 Å². The molecule has 1 aliphatic heterocycles. The van der Waals surface area contributed by atoms with E-state index in [4.69, 9.17) is 4.74 Å². The quantitative estimate of drug-likeness (QED) is 0.658. The first kappa shape index (κ1) is 17.9. The predicted molar refractivity (Wildman–Crippen MR) is 95.9 cm³/mol. The third kappa shape index (κ3) is 4.61. The molecule has 0 unspecified atom stereocenters. The van der Waals surface area contributed by atoms with Crippen LogP contribution in [-0.2, 0) is 10.9 Å². The lowest BCUT2D eigenvalue weighted by atomic mass is 10.1. The molecule has 0 N–H and O–H groups in total. The average molecular weight is 413 g/mol. The van der Waals surface area contributed by atoms with Crippen molar-refractivity contribution in [3.8, 4) is 0 Å². The van der Waals surface area contributed by atoms with Crippen molar-refractivity contribution in [3.05, 3.63) is 58.1 Å². The molecule has 7 heteroatoms. The van der Waals surface area contributed by atoms with Crippen LogP contribution in [0.2, 0.25) is 0 Å². The number of aliphatic imine (C=N–C) groups is 1. The fourth-order valence-electron chi connectivity index (χ4n) is 2.57. The topological polar surface area (TPSA) is 24.8 Å². The van der Waals surface area contributed by atoms with E-state index in [0.717, 1.165) is 22.2 Å². The van der Waals surface area contributed by atoms with Crippen molar-refractivity contribution in [3.63, 3.8) is 0 Å². The maximum Gasteiger partial charge on any atom is 0.416 e. The summed E-state index contributed by atoms with van der Waals surface area (Å²) in [5.74, 6) is 0. The molecule has 1 saturated heterocycles. The van der Waals surface area contributed by atoms with Crippen LogP contribution in [0.1, 0.15) is 11.1 Å². The van der Waals surface area contributed by atoms with Gasteiger partial charge in [-0.25, -0.2) is 0 Å². The molecule has 1 aliphatic rings. The van der Waals surface area contributed by atoms with Crippen LogP contribution in [0.25, 0.3) is 0 Å². The van der Waals surface area contributed by atoms with Gasteiger partial charge in [-0.15, -0.1) is 0 Å². The van der Waals surface area contributed by atoms with Crippen LogP contribution in [0.5, 0.6) is 0 Å². The van der Waals surface area contributed by atoms with E-state index in [-0.39, 0.29) is 0 Å². The largest absolute Gasteiger partial charge is 0.416 e. The van der Waals surface area contributed by atoms with Crippen molar-refractivity contribution in [1.29, 1.82) is 0 Å². The van der Waals surface area contributed by atoms with E-state index in [0.29, 0.717) is 37.7 Å². The van der Waals surface area contributed by atoms with Crippen molar-refractivity contribution in [2.45, 2.75) is 6.18 Å². The smallest absolute Gasteiger partial charge is 0.378 e. The Morgan fingerprint density at radius 1 is 1.04 bits per heavy atom. The minimum atomic E-state index is -4.40. The molecule has 25 heavy (non-hydrogen) atoms. The van der Waals surface area contributed by atoms with Gasteiger partial charge in [-0.05, 0) is 35.9 Å². The second-order valence-electron chi connectivity index (χ2n) is 5.61. The molecule has 0 aliphatic carbocycles. The molecule has 3 rings (SSSR count). The van der Waals surface area contributed by atoms with E-state index in [9.17, 15) is 13.2 Å². The van der Waals surface area contributed by atoms with Crippen molar-refractivity contribution < 1.29 is 17.9 Å². The van der Waals surface area contributed by atoms with Gasteiger partial charge >= 0.3 is 6.18 Å². The standard InChI is InChI=1S/C18H16BrF3N2O/c19-15-4-1-13(2-5-15)12-23-16-11-14(18(20,21)22)3-6-17(16)24-7-9-25-10-8-24/h1-6,11-12H,7-10H2. The molecule has 1 heterocycles. The lowest BCUT2D eigenvalue weighted by Crippen LogP contribution is -2.36. The lowest BCUT2D eigenvalue weighted by Gasteiger charge is -2.30. The number of halogens is 4. The Morgan fingerprint density at radius 3 is 2.36 bits per heavy atom. The fraction of sp³-hybridized carbons (Fsp3) is 0.278. The first-order valence-electron chi connectivity index (χ1n) is 7.77. The van der Waals surface area contributed by atoms with Crippen LogP contribution in [0.3, 0.4) is 0 Å². The number of benzene rings is 2. The molecular weight excluding hydrogens is 397 g/mol. The third-order valence-electron chi connectivity index (χ3n) is 3.88. The summed E-state index contributed by atoms with van der Waals surface area (Å²) in [6, 6.07) is 11.1. The zero-order valence-electron chi connectivity index (χ0n) is 13.3. The zero-order valence-corrected chi connectivity index (χ0v) is 14.8. The number of morpholine rings is 1. The van der Waals surface area contributed by atoms with Gasteiger partial charge < -0.3 is 9.64 Å². The normalized spacial score (nSPS) is 15.8. The van der Waals surface area contributed by atoms with Gasteiger partial charge in [0, 0.05) is 23.8 Å². The molecule has 1 fully saturated rings. The molecule has 2 aromatic rings. The molecule has 2 aromatic carbocycles. The molecule has 132 valence electrons. The molecule has 0 spiro atoms. The van der Waals surface area contributed by atoms with Crippen LogP contribution < -0.4 is 4.90 Å². The number of hydrogen-bond acceptors (Lipinski definition) is 3. The summed E-state index contributed by atoms with van der Waals surface area (Å²) in [6.07, 6.45) is -2.82. The van der Waals surface area contributed by atoms with E-state index in [1.54, 1.807) is 6.21 Å². The summed E-state index contributed by atoms with van der Waals surface area (Å²) in [5, 5.41) is 0. The van der Waals surface area contributed by atoms with E-state index in [1.807, 2.05) is 29.2 Å². The Kier molecular flexibility index (Phi) is 5.44. The van der Waals surface area contributed by atoms with Crippen molar-refractivity contribution in [1.82, 2.24) is 0 Å². The molecule has 0 bridgehead atoms. The highest BCUT2D eigenvalue weighted by molar-refractivity contribution is 9.10. The highest BCUT2D eigenvalue weighted by atomic mass is 79.9. The van der Waals surface area contributed by atoms with Crippen LogP contribution in [-0.4, -0.2) is 32.5 Å². The zero-order chi connectivity index (χ0) is 17.9. The Bertz CT molecular complexity index is 754.